The second-order valence-electron chi connectivity index (χ2n) is 4.54. The zero-order valence-corrected chi connectivity index (χ0v) is 10.5. The lowest BCUT2D eigenvalue weighted by molar-refractivity contribution is 0.274. The molecule has 0 radical (unpaired) electrons. The summed E-state index contributed by atoms with van der Waals surface area (Å²) in [4.78, 5) is 4.24. The molecule has 0 saturated carbocycles. The molecule has 1 atom stereocenters. The number of para-hydroxylation sites is 1. The van der Waals surface area contributed by atoms with Gasteiger partial charge in [-0.1, -0.05) is 18.2 Å². The molecule has 0 fully saturated rings. The van der Waals surface area contributed by atoms with Crippen LogP contribution in [0, 0.1) is 0 Å². The molecular weight excluding hydrogens is 240 g/mol. The predicted molar refractivity (Wildman–Crippen MR) is 76.0 cm³/mol. The average Bonchev–Trinajstić information content (AvgIpc) is 2.43. The van der Waals surface area contributed by atoms with Crippen molar-refractivity contribution in [1.82, 2.24) is 4.98 Å². The third kappa shape index (κ3) is 2.27. The smallest absolute Gasteiger partial charge is 0.149 e. The van der Waals surface area contributed by atoms with Gasteiger partial charge >= 0.3 is 0 Å². The van der Waals surface area contributed by atoms with Crippen molar-refractivity contribution < 1.29 is 4.74 Å². The quantitative estimate of drug-likeness (QED) is 0.766. The van der Waals surface area contributed by atoms with E-state index < -0.39 is 0 Å². The molecule has 2 heterocycles. The normalized spacial score (nSPS) is 17.4. The van der Waals surface area contributed by atoms with Gasteiger partial charge in [0.05, 0.1) is 18.3 Å². The Kier molecular flexibility index (Phi) is 2.87. The van der Waals surface area contributed by atoms with Crippen molar-refractivity contribution in [2.75, 3.05) is 23.4 Å². The summed E-state index contributed by atoms with van der Waals surface area (Å²) in [6.45, 7) is 0.694. The van der Waals surface area contributed by atoms with Gasteiger partial charge < -0.3 is 21.5 Å². The highest BCUT2D eigenvalue weighted by Gasteiger charge is 2.21. The maximum absolute atomic E-state index is 5.72. The Morgan fingerprint density at radius 1 is 1.16 bits per heavy atom. The molecule has 1 aliphatic heterocycles. The number of aromatic nitrogens is 1. The number of nitrogens with one attached hydrogen (secondary N) is 1. The second-order valence-corrected chi connectivity index (χ2v) is 4.54. The van der Waals surface area contributed by atoms with E-state index in [0.717, 1.165) is 23.6 Å². The first-order valence-electron chi connectivity index (χ1n) is 6.24. The average molecular weight is 256 g/mol. The monoisotopic (exact) mass is 256 g/mol. The lowest BCUT2D eigenvalue weighted by Gasteiger charge is -2.27. The first kappa shape index (κ1) is 11.6. The van der Waals surface area contributed by atoms with Crippen LogP contribution in [-0.2, 0) is 0 Å². The summed E-state index contributed by atoms with van der Waals surface area (Å²) in [5.41, 5.74) is 13.0. The predicted octanol–water partition coefficient (Wildman–Crippen LogP) is 2.18. The standard InChI is InChI=1S/C14H16N4O/c15-10-5-6-13(18-14(10)16)17-11-7-8-19-12-4-2-1-3-9(11)12/h1-6,11H,7-8,15H2,(H3,16,17,18). The van der Waals surface area contributed by atoms with Gasteiger partial charge in [0.15, 0.2) is 0 Å². The van der Waals surface area contributed by atoms with Gasteiger partial charge in [-0.3, -0.25) is 0 Å². The summed E-state index contributed by atoms with van der Waals surface area (Å²) in [5, 5.41) is 3.38. The number of pyridine rings is 1. The molecule has 5 heteroatoms. The molecule has 0 saturated heterocycles. The first-order chi connectivity index (χ1) is 9.24. The zero-order valence-electron chi connectivity index (χ0n) is 10.5. The van der Waals surface area contributed by atoms with Gasteiger partial charge in [0, 0.05) is 12.0 Å². The summed E-state index contributed by atoms with van der Waals surface area (Å²) in [6, 6.07) is 11.8. The van der Waals surface area contributed by atoms with Crippen LogP contribution in [0.4, 0.5) is 17.3 Å². The Bertz CT molecular complexity index is 600. The number of hydrogen-bond donors (Lipinski definition) is 3. The lowest BCUT2D eigenvalue weighted by atomic mass is 10.0. The van der Waals surface area contributed by atoms with Crippen molar-refractivity contribution in [3.05, 3.63) is 42.0 Å². The van der Waals surface area contributed by atoms with Gasteiger partial charge in [-0.15, -0.1) is 0 Å². The van der Waals surface area contributed by atoms with Crippen molar-refractivity contribution in [3.63, 3.8) is 0 Å². The van der Waals surface area contributed by atoms with E-state index >= 15 is 0 Å². The molecule has 1 aromatic carbocycles. The van der Waals surface area contributed by atoms with Crippen molar-refractivity contribution in [2.24, 2.45) is 0 Å². The van der Waals surface area contributed by atoms with Crippen LogP contribution in [-0.4, -0.2) is 11.6 Å². The van der Waals surface area contributed by atoms with Gasteiger partial charge in [-0.2, -0.15) is 0 Å². The van der Waals surface area contributed by atoms with Crippen LogP contribution >= 0.6 is 0 Å². The lowest BCUT2D eigenvalue weighted by Crippen LogP contribution is -2.20. The van der Waals surface area contributed by atoms with Crippen molar-refractivity contribution in [1.29, 1.82) is 0 Å². The number of ether oxygens (including phenoxy) is 1. The number of rotatable bonds is 2. The fourth-order valence-electron chi connectivity index (χ4n) is 2.24. The topological polar surface area (TPSA) is 86.2 Å². The molecule has 0 aliphatic carbocycles. The molecule has 2 aromatic rings. The minimum Gasteiger partial charge on any atom is -0.493 e. The summed E-state index contributed by atoms with van der Waals surface area (Å²) < 4.78 is 5.63. The van der Waals surface area contributed by atoms with E-state index in [1.807, 2.05) is 24.3 Å². The fraction of sp³-hybridized carbons (Fsp3) is 0.214. The Balaban J connectivity index is 1.86. The number of nitrogens with two attached hydrogens (primary N) is 2. The minimum absolute atomic E-state index is 0.181. The number of benzene rings is 1. The van der Waals surface area contributed by atoms with Crippen LogP contribution in [0.5, 0.6) is 5.75 Å². The SMILES string of the molecule is Nc1ccc(NC2CCOc3ccccc32)nc1N. The molecular formula is C14H16N4O. The number of nitrogen functional groups attached to an aromatic ring is 2. The van der Waals surface area contributed by atoms with E-state index in [2.05, 4.69) is 16.4 Å². The van der Waals surface area contributed by atoms with Gasteiger partial charge in [0.2, 0.25) is 0 Å². The van der Waals surface area contributed by atoms with Crippen LogP contribution in [0.25, 0.3) is 0 Å². The number of nitrogens with zero attached hydrogens (tertiary/aromatic N) is 1. The summed E-state index contributed by atoms with van der Waals surface area (Å²) in [6.07, 6.45) is 0.892. The van der Waals surface area contributed by atoms with Crippen LogP contribution in [0.15, 0.2) is 36.4 Å². The minimum atomic E-state index is 0.181. The highest BCUT2D eigenvalue weighted by molar-refractivity contribution is 5.62. The molecule has 5 nitrogen and oxygen atoms in total. The Morgan fingerprint density at radius 2 is 2.00 bits per heavy atom. The molecule has 1 aromatic heterocycles. The molecule has 1 aliphatic rings. The van der Waals surface area contributed by atoms with E-state index in [0.29, 0.717) is 18.1 Å². The molecule has 5 N–H and O–H groups in total. The maximum Gasteiger partial charge on any atom is 0.149 e. The highest BCUT2D eigenvalue weighted by atomic mass is 16.5. The maximum atomic E-state index is 5.72. The largest absolute Gasteiger partial charge is 0.493 e. The van der Waals surface area contributed by atoms with E-state index in [4.69, 9.17) is 16.2 Å². The Morgan fingerprint density at radius 3 is 2.84 bits per heavy atom. The molecule has 98 valence electrons. The number of anilines is 3. The van der Waals surface area contributed by atoms with Gasteiger partial charge in [0.1, 0.15) is 17.4 Å². The van der Waals surface area contributed by atoms with Gasteiger partial charge in [-0.05, 0) is 18.2 Å². The Labute approximate surface area is 111 Å². The van der Waals surface area contributed by atoms with Crippen LogP contribution in [0.3, 0.4) is 0 Å². The van der Waals surface area contributed by atoms with Crippen LogP contribution in [0.1, 0.15) is 18.0 Å². The van der Waals surface area contributed by atoms with E-state index in [1.54, 1.807) is 6.07 Å². The van der Waals surface area contributed by atoms with Crippen molar-refractivity contribution in [2.45, 2.75) is 12.5 Å². The van der Waals surface area contributed by atoms with Crippen molar-refractivity contribution in [3.8, 4) is 5.75 Å². The summed E-state index contributed by atoms with van der Waals surface area (Å²) >= 11 is 0. The molecule has 19 heavy (non-hydrogen) atoms. The molecule has 0 spiro atoms. The highest BCUT2D eigenvalue weighted by Crippen LogP contribution is 2.33. The second kappa shape index (κ2) is 4.68. The third-order valence-corrected chi connectivity index (χ3v) is 3.24. The van der Waals surface area contributed by atoms with E-state index in [1.165, 1.54) is 0 Å². The van der Waals surface area contributed by atoms with Gasteiger partial charge in [-0.25, -0.2) is 4.98 Å². The summed E-state index contributed by atoms with van der Waals surface area (Å²) in [5.74, 6) is 2.01. The number of fused-ring (bicyclic) bond motifs is 1. The fourth-order valence-corrected chi connectivity index (χ4v) is 2.24. The van der Waals surface area contributed by atoms with Crippen LogP contribution < -0.4 is 21.5 Å². The molecule has 1 unspecified atom stereocenters. The molecule has 0 bridgehead atoms. The van der Waals surface area contributed by atoms with Crippen molar-refractivity contribution >= 4 is 17.3 Å². The number of hydrogen-bond acceptors (Lipinski definition) is 5. The Hall–Kier alpha value is -2.43. The summed E-state index contributed by atoms with van der Waals surface area (Å²) in [7, 11) is 0. The van der Waals surface area contributed by atoms with E-state index in [-0.39, 0.29) is 6.04 Å². The van der Waals surface area contributed by atoms with E-state index in [9.17, 15) is 0 Å². The zero-order chi connectivity index (χ0) is 13.2. The first-order valence-corrected chi connectivity index (χ1v) is 6.24. The van der Waals surface area contributed by atoms with Gasteiger partial charge in [0.25, 0.3) is 0 Å². The molecule has 3 rings (SSSR count). The third-order valence-electron chi connectivity index (χ3n) is 3.24. The molecule has 0 amide bonds. The van der Waals surface area contributed by atoms with Crippen LogP contribution in [0.2, 0.25) is 0 Å².